The molecule has 1 N–H and O–H groups in total. The highest BCUT2D eigenvalue weighted by Crippen LogP contribution is 2.29. The van der Waals surface area contributed by atoms with Crippen LogP contribution in [0.3, 0.4) is 0 Å². The van der Waals surface area contributed by atoms with Gasteiger partial charge >= 0.3 is 0 Å². The monoisotopic (exact) mass is 263 g/mol. The van der Waals surface area contributed by atoms with E-state index in [-0.39, 0.29) is 18.6 Å². The summed E-state index contributed by atoms with van der Waals surface area (Å²) in [4.78, 5) is 14.1. The number of carbonyl (C=O) groups is 1. The van der Waals surface area contributed by atoms with Crippen molar-refractivity contribution in [3.63, 3.8) is 0 Å². The van der Waals surface area contributed by atoms with E-state index in [1.54, 1.807) is 4.90 Å². The highest BCUT2D eigenvalue weighted by atomic mass is 16.5. The van der Waals surface area contributed by atoms with Gasteiger partial charge < -0.3 is 19.5 Å². The van der Waals surface area contributed by atoms with Gasteiger partial charge in [0.1, 0.15) is 5.75 Å². The van der Waals surface area contributed by atoms with Crippen LogP contribution in [-0.4, -0.2) is 54.4 Å². The number of morpholine rings is 1. The van der Waals surface area contributed by atoms with Crippen LogP contribution in [0.25, 0.3) is 0 Å². The average Bonchev–Trinajstić information content (AvgIpc) is 2.90. The van der Waals surface area contributed by atoms with E-state index in [1.165, 1.54) is 0 Å². The van der Waals surface area contributed by atoms with Crippen molar-refractivity contribution in [2.75, 3.05) is 26.3 Å². The number of carbonyl (C=O) groups excluding carboxylic acids is 1. The molecule has 1 fully saturated rings. The molecule has 5 heteroatoms. The highest BCUT2D eigenvalue weighted by molar-refractivity contribution is 5.82. The second kappa shape index (κ2) is 5.19. The lowest BCUT2D eigenvalue weighted by atomic mass is 10.1. The molecule has 1 saturated heterocycles. The van der Waals surface area contributed by atoms with E-state index in [1.807, 2.05) is 24.3 Å². The quantitative estimate of drug-likeness (QED) is 0.828. The summed E-state index contributed by atoms with van der Waals surface area (Å²) >= 11 is 0. The standard InChI is InChI=1S/C14H17NO4/c16-9-11-8-15(5-6-18-11)14(17)13-7-10-3-1-2-4-12(10)19-13/h1-4,11,13,16H,5-9H2. The van der Waals surface area contributed by atoms with Crippen LogP contribution < -0.4 is 4.74 Å². The Balaban J connectivity index is 1.66. The summed E-state index contributed by atoms with van der Waals surface area (Å²) in [5.41, 5.74) is 1.08. The molecule has 0 spiro atoms. The molecule has 0 aromatic heterocycles. The number of ether oxygens (including phenoxy) is 2. The maximum atomic E-state index is 12.4. The number of amides is 1. The molecule has 0 saturated carbocycles. The second-order valence-electron chi connectivity index (χ2n) is 4.88. The van der Waals surface area contributed by atoms with Gasteiger partial charge in [-0.15, -0.1) is 0 Å². The molecule has 1 aromatic carbocycles. The Morgan fingerprint density at radius 1 is 1.42 bits per heavy atom. The SMILES string of the molecule is O=C(C1Cc2ccccc2O1)N1CCOC(CO)C1. The number of fused-ring (bicyclic) bond motifs is 1. The molecule has 2 aliphatic rings. The minimum atomic E-state index is -0.435. The molecular weight excluding hydrogens is 246 g/mol. The summed E-state index contributed by atoms with van der Waals surface area (Å²) in [6.45, 7) is 1.41. The third-order valence-corrected chi connectivity index (χ3v) is 3.58. The van der Waals surface area contributed by atoms with Crippen molar-refractivity contribution in [3.05, 3.63) is 29.8 Å². The smallest absolute Gasteiger partial charge is 0.264 e. The van der Waals surface area contributed by atoms with Crippen LogP contribution in [0.15, 0.2) is 24.3 Å². The summed E-state index contributed by atoms with van der Waals surface area (Å²) in [7, 11) is 0. The van der Waals surface area contributed by atoms with Crippen molar-refractivity contribution in [1.29, 1.82) is 0 Å². The van der Waals surface area contributed by atoms with Crippen molar-refractivity contribution in [1.82, 2.24) is 4.90 Å². The maximum absolute atomic E-state index is 12.4. The molecule has 3 rings (SSSR count). The predicted molar refractivity (Wildman–Crippen MR) is 68.0 cm³/mol. The van der Waals surface area contributed by atoms with E-state index in [2.05, 4.69) is 0 Å². The summed E-state index contributed by atoms with van der Waals surface area (Å²) in [5.74, 6) is 0.783. The molecule has 2 atom stereocenters. The topological polar surface area (TPSA) is 59.0 Å². The summed E-state index contributed by atoms with van der Waals surface area (Å²) in [5, 5.41) is 9.10. The van der Waals surface area contributed by atoms with Crippen LogP contribution in [0.4, 0.5) is 0 Å². The van der Waals surface area contributed by atoms with Crippen LogP contribution in [0, 0.1) is 0 Å². The number of aliphatic hydroxyl groups excluding tert-OH is 1. The zero-order valence-corrected chi connectivity index (χ0v) is 10.6. The first-order chi connectivity index (χ1) is 9.28. The number of rotatable bonds is 2. The molecule has 1 aromatic rings. The third kappa shape index (κ3) is 2.43. The van der Waals surface area contributed by atoms with Gasteiger partial charge in [0, 0.05) is 19.5 Å². The fraction of sp³-hybridized carbons (Fsp3) is 0.500. The number of aliphatic hydroxyl groups is 1. The Morgan fingerprint density at radius 2 is 2.26 bits per heavy atom. The highest BCUT2D eigenvalue weighted by Gasteiger charge is 2.34. The third-order valence-electron chi connectivity index (χ3n) is 3.58. The molecule has 2 aliphatic heterocycles. The molecule has 19 heavy (non-hydrogen) atoms. The summed E-state index contributed by atoms with van der Waals surface area (Å²) in [6.07, 6.45) is -0.0906. The summed E-state index contributed by atoms with van der Waals surface area (Å²) < 4.78 is 11.0. The lowest BCUT2D eigenvalue weighted by molar-refractivity contribution is -0.146. The first-order valence-electron chi connectivity index (χ1n) is 6.53. The molecule has 0 aliphatic carbocycles. The minimum absolute atomic E-state index is 0.0158. The van der Waals surface area contributed by atoms with Gasteiger partial charge in [0.05, 0.1) is 19.3 Å². The van der Waals surface area contributed by atoms with Crippen molar-refractivity contribution in [2.24, 2.45) is 0 Å². The van der Waals surface area contributed by atoms with Crippen LogP contribution >= 0.6 is 0 Å². The Morgan fingerprint density at radius 3 is 3.05 bits per heavy atom. The lowest BCUT2D eigenvalue weighted by Crippen LogP contribution is -2.51. The number of hydrogen-bond acceptors (Lipinski definition) is 4. The van der Waals surface area contributed by atoms with E-state index in [9.17, 15) is 4.79 Å². The van der Waals surface area contributed by atoms with Gasteiger partial charge in [0.15, 0.2) is 6.10 Å². The first-order valence-corrected chi connectivity index (χ1v) is 6.53. The Kier molecular flexibility index (Phi) is 3.40. The largest absolute Gasteiger partial charge is 0.480 e. The molecule has 1 amide bonds. The zero-order chi connectivity index (χ0) is 13.2. The van der Waals surface area contributed by atoms with E-state index in [4.69, 9.17) is 14.6 Å². The zero-order valence-electron chi connectivity index (χ0n) is 10.6. The van der Waals surface area contributed by atoms with E-state index >= 15 is 0 Å². The van der Waals surface area contributed by atoms with Gasteiger partial charge in [-0.25, -0.2) is 0 Å². The Labute approximate surface area is 111 Å². The normalized spacial score (nSPS) is 25.8. The van der Waals surface area contributed by atoms with E-state index in [0.29, 0.717) is 26.1 Å². The van der Waals surface area contributed by atoms with E-state index in [0.717, 1.165) is 11.3 Å². The van der Waals surface area contributed by atoms with Crippen LogP contribution in [0.1, 0.15) is 5.56 Å². The fourth-order valence-electron chi connectivity index (χ4n) is 2.55. The van der Waals surface area contributed by atoms with Gasteiger partial charge in [-0.2, -0.15) is 0 Å². The number of nitrogens with zero attached hydrogens (tertiary/aromatic N) is 1. The number of hydrogen-bond donors (Lipinski definition) is 1. The molecule has 102 valence electrons. The van der Waals surface area contributed by atoms with Crippen LogP contribution in [0.5, 0.6) is 5.75 Å². The van der Waals surface area contributed by atoms with Crippen molar-refractivity contribution < 1.29 is 19.4 Å². The van der Waals surface area contributed by atoms with Gasteiger partial charge in [-0.1, -0.05) is 18.2 Å². The molecular formula is C14H17NO4. The molecule has 5 nitrogen and oxygen atoms in total. The predicted octanol–water partition coefficient (Wildman–Crippen LogP) is 0.210. The number of benzene rings is 1. The van der Waals surface area contributed by atoms with Crippen molar-refractivity contribution in [2.45, 2.75) is 18.6 Å². The van der Waals surface area contributed by atoms with Crippen LogP contribution in [0.2, 0.25) is 0 Å². The average molecular weight is 263 g/mol. The number of para-hydroxylation sites is 1. The van der Waals surface area contributed by atoms with Gasteiger partial charge in [-0.3, -0.25) is 4.79 Å². The minimum Gasteiger partial charge on any atom is -0.480 e. The Bertz CT molecular complexity index is 451. The molecule has 0 radical (unpaired) electrons. The fourth-order valence-corrected chi connectivity index (χ4v) is 2.55. The maximum Gasteiger partial charge on any atom is 0.264 e. The Hall–Kier alpha value is -1.59. The van der Waals surface area contributed by atoms with Crippen molar-refractivity contribution in [3.8, 4) is 5.75 Å². The van der Waals surface area contributed by atoms with Crippen LogP contribution in [-0.2, 0) is 16.0 Å². The molecule has 2 heterocycles. The van der Waals surface area contributed by atoms with Gasteiger partial charge in [-0.05, 0) is 11.6 Å². The van der Waals surface area contributed by atoms with Gasteiger partial charge in [0.25, 0.3) is 5.91 Å². The lowest BCUT2D eigenvalue weighted by Gasteiger charge is -2.33. The molecule has 0 bridgehead atoms. The molecule has 2 unspecified atom stereocenters. The second-order valence-corrected chi connectivity index (χ2v) is 4.88. The van der Waals surface area contributed by atoms with Crippen molar-refractivity contribution >= 4 is 5.91 Å². The first kappa shape index (κ1) is 12.4. The van der Waals surface area contributed by atoms with Gasteiger partial charge in [0.2, 0.25) is 0 Å². The summed E-state index contributed by atoms with van der Waals surface area (Å²) in [6, 6.07) is 7.73. The van der Waals surface area contributed by atoms with E-state index < -0.39 is 6.10 Å².